The summed E-state index contributed by atoms with van der Waals surface area (Å²) in [6.07, 6.45) is 2.41. The van der Waals surface area contributed by atoms with Crippen LogP contribution < -0.4 is 0 Å². The van der Waals surface area contributed by atoms with Gasteiger partial charge in [-0.15, -0.1) is 0 Å². The van der Waals surface area contributed by atoms with Crippen LogP contribution in [-0.2, 0) is 0 Å². The van der Waals surface area contributed by atoms with Crippen LogP contribution in [0.3, 0.4) is 0 Å². The summed E-state index contributed by atoms with van der Waals surface area (Å²) >= 11 is 0. The maximum atomic E-state index is 5.15. The lowest BCUT2D eigenvalue weighted by Crippen LogP contribution is -2.09. The molecule has 0 fully saturated rings. The van der Waals surface area contributed by atoms with Crippen molar-refractivity contribution in [3.63, 3.8) is 0 Å². The third-order valence-electron chi connectivity index (χ3n) is 11.1. The van der Waals surface area contributed by atoms with E-state index in [2.05, 4.69) is 207 Å². The van der Waals surface area contributed by atoms with Crippen LogP contribution in [0.15, 0.2) is 219 Å². The largest absolute Gasteiger partial charge is 0.228 e. The molecule has 0 spiro atoms. The monoisotopic (exact) mass is 726 g/mol. The van der Waals surface area contributed by atoms with Crippen molar-refractivity contribution in [3.05, 3.63) is 241 Å². The molecule has 1 aromatic heterocycles. The Balaban J connectivity index is 0.999. The van der Waals surface area contributed by atoms with Crippen molar-refractivity contribution in [3.8, 4) is 56.2 Å². The number of benzene rings is 8. The summed E-state index contributed by atoms with van der Waals surface area (Å²) in [5.41, 5.74) is 16.8. The summed E-state index contributed by atoms with van der Waals surface area (Å²) in [7, 11) is 0. The summed E-state index contributed by atoms with van der Waals surface area (Å²) < 4.78 is 0. The number of fused-ring (bicyclic) bond motifs is 3. The van der Waals surface area contributed by atoms with Gasteiger partial charge in [-0.2, -0.15) is 0 Å². The van der Waals surface area contributed by atoms with E-state index in [-0.39, 0.29) is 5.92 Å². The zero-order valence-corrected chi connectivity index (χ0v) is 31.4. The number of rotatable bonds is 7. The van der Waals surface area contributed by atoms with E-state index in [0.717, 1.165) is 50.3 Å². The molecule has 9 aromatic rings. The van der Waals surface area contributed by atoms with Crippen LogP contribution in [0, 0.1) is 0 Å². The minimum absolute atomic E-state index is 0.0954. The van der Waals surface area contributed by atoms with Crippen LogP contribution in [0.5, 0.6) is 0 Å². The fourth-order valence-corrected chi connectivity index (χ4v) is 8.17. The highest BCUT2D eigenvalue weighted by molar-refractivity contribution is 6.05. The predicted octanol–water partition coefficient (Wildman–Crippen LogP) is 14.2. The minimum atomic E-state index is 0.0954. The average molecular weight is 727 g/mol. The molecular weight excluding hydrogens is 689 g/mol. The first kappa shape index (κ1) is 34.1. The molecule has 0 saturated heterocycles. The molecule has 1 unspecified atom stereocenters. The van der Waals surface area contributed by atoms with Crippen LogP contribution in [0.4, 0.5) is 0 Å². The molecule has 0 N–H and O–H groups in total. The molecule has 1 atom stereocenters. The summed E-state index contributed by atoms with van der Waals surface area (Å²) in [6, 6.07) is 73.0. The van der Waals surface area contributed by atoms with Crippen LogP contribution in [-0.4, -0.2) is 9.97 Å². The van der Waals surface area contributed by atoms with Crippen molar-refractivity contribution in [2.45, 2.75) is 5.92 Å². The third-order valence-corrected chi connectivity index (χ3v) is 11.1. The molecule has 0 saturated carbocycles. The van der Waals surface area contributed by atoms with Crippen LogP contribution >= 0.6 is 0 Å². The van der Waals surface area contributed by atoms with E-state index in [1.54, 1.807) is 0 Å². The van der Waals surface area contributed by atoms with Crippen LogP contribution in [0.2, 0.25) is 0 Å². The minimum Gasteiger partial charge on any atom is -0.228 e. The summed E-state index contributed by atoms with van der Waals surface area (Å²) in [6.45, 7) is 4.63. The van der Waals surface area contributed by atoms with Crippen molar-refractivity contribution in [1.29, 1.82) is 0 Å². The molecular formula is C55H38N2. The molecule has 10 rings (SSSR count). The van der Waals surface area contributed by atoms with E-state index in [1.807, 2.05) is 12.1 Å². The molecule has 57 heavy (non-hydrogen) atoms. The SMILES string of the molecule is C=C1c2ccc3ccccc3c2C(c2ccc(-c3ccc(-c4nc(-c5ccccc5)cc(-c5cccc(-c6ccccc6)c5)n4)cc3)cc2)=CC1c1ccccc1. The first-order chi connectivity index (χ1) is 28.2. The molecule has 1 aliphatic carbocycles. The van der Waals surface area contributed by atoms with E-state index in [4.69, 9.17) is 9.97 Å². The molecule has 0 bridgehead atoms. The van der Waals surface area contributed by atoms with Gasteiger partial charge in [0.15, 0.2) is 5.82 Å². The Bertz CT molecular complexity index is 2930. The second-order valence-electron chi connectivity index (χ2n) is 14.6. The highest BCUT2D eigenvalue weighted by Crippen LogP contribution is 2.47. The van der Waals surface area contributed by atoms with Gasteiger partial charge in [-0.25, -0.2) is 9.97 Å². The second-order valence-corrected chi connectivity index (χ2v) is 14.6. The first-order valence-corrected chi connectivity index (χ1v) is 19.5. The number of allylic oxidation sites excluding steroid dienone is 2. The Morgan fingerprint density at radius 3 is 1.61 bits per heavy atom. The van der Waals surface area contributed by atoms with Gasteiger partial charge in [0.2, 0.25) is 0 Å². The van der Waals surface area contributed by atoms with Gasteiger partial charge in [0.25, 0.3) is 0 Å². The van der Waals surface area contributed by atoms with Crippen molar-refractivity contribution in [1.82, 2.24) is 9.97 Å². The fraction of sp³-hybridized carbons (Fsp3) is 0.0182. The Kier molecular flexibility index (Phi) is 8.78. The number of aromatic nitrogens is 2. The van der Waals surface area contributed by atoms with Crippen molar-refractivity contribution in [2.75, 3.05) is 0 Å². The second kappa shape index (κ2) is 14.7. The third kappa shape index (κ3) is 6.58. The topological polar surface area (TPSA) is 25.8 Å². The molecule has 2 heteroatoms. The molecule has 268 valence electrons. The van der Waals surface area contributed by atoms with Gasteiger partial charge in [-0.05, 0) is 78.6 Å². The molecule has 1 aliphatic rings. The molecule has 0 radical (unpaired) electrons. The molecule has 0 aliphatic heterocycles. The van der Waals surface area contributed by atoms with E-state index < -0.39 is 0 Å². The van der Waals surface area contributed by atoms with Gasteiger partial charge < -0.3 is 0 Å². The number of hydrogen-bond donors (Lipinski definition) is 0. The molecule has 1 heterocycles. The number of nitrogens with zero attached hydrogens (tertiary/aromatic N) is 2. The van der Waals surface area contributed by atoms with Gasteiger partial charge in [0.1, 0.15) is 0 Å². The lowest BCUT2D eigenvalue weighted by Gasteiger charge is -2.28. The lowest BCUT2D eigenvalue weighted by atomic mass is 9.75. The first-order valence-electron chi connectivity index (χ1n) is 19.5. The molecule has 2 nitrogen and oxygen atoms in total. The molecule has 0 amide bonds. The summed E-state index contributed by atoms with van der Waals surface area (Å²) in [5, 5.41) is 2.48. The van der Waals surface area contributed by atoms with E-state index in [9.17, 15) is 0 Å². The highest BCUT2D eigenvalue weighted by Gasteiger charge is 2.26. The smallest absolute Gasteiger partial charge is 0.160 e. The normalized spacial score (nSPS) is 13.6. The van der Waals surface area contributed by atoms with Crippen LogP contribution in [0.25, 0.3) is 78.1 Å². The maximum absolute atomic E-state index is 5.15. The Morgan fingerprint density at radius 2 is 0.912 bits per heavy atom. The van der Waals surface area contributed by atoms with Gasteiger partial charge in [0.05, 0.1) is 11.4 Å². The quantitative estimate of drug-likeness (QED) is 0.163. The van der Waals surface area contributed by atoms with Gasteiger partial charge >= 0.3 is 0 Å². The van der Waals surface area contributed by atoms with Crippen molar-refractivity contribution in [2.24, 2.45) is 0 Å². The highest BCUT2D eigenvalue weighted by atomic mass is 14.9. The zero-order chi connectivity index (χ0) is 38.1. The predicted molar refractivity (Wildman–Crippen MR) is 238 cm³/mol. The average Bonchev–Trinajstić information content (AvgIpc) is 3.30. The van der Waals surface area contributed by atoms with Crippen LogP contribution in [0.1, 0.15) is 28.2 Å². The van der Waals surface area contributed by atoms with Crippen molar-refractivity contribution < 1.29 is 0 Å². The standard InChI is InChI=1S/C55H38N2/c1-37-48-33-32-42-18-11-12-23-49(42)54(48)51(35-50(37)41-16-7-3-8-17-41)43-28-24-39(25-29-43)40-26-30-45(31-27-40)55-56-52(44-19-9-4-10-20-44)36-53(57-55)47-22-13-21-46(34-47)38-14-5-2-6-15-38/h2-36,50H,1H2. The fourth-order valence-electron chi connectivity index (χ4n) is 8.17. The van der Waals surface area contributed by atoms with Gasteiger partial charge in [-0.1, -0.05) is 207 Å². The Labute approximate surface area is 333 Å². The Hall–Kier alpha value is -7.42. The van der Waals surface area contributed by atoms with E-state index in [0.29, 0.717) is 5.82 Å². The van der Waals surface area contributed by atoms with E-state index in [1.165, 1.54) is 44.2 Å². The van der Waals surface area contributed by atoms with Gasteiger partial charge in [-0.3, -0.25) is 0 Å². The van der Waals surface area contributed by atoms with E-state index >= 15 is 0 Å². The summed E-state index contributed by atoms with van der Waals surface area (Å²) in [5.74, 6) is 0.793. The maximum Gasteiger partial charge on any atom is 0.160 e. The summed E-state index contributed by atoms with van der Waals surface area (Å²) in [4.78, 5) is 10.2. The lowest BCUT2D eigenvalue weighted by molar-refractivity contribution is 1.09. The van der Waals surface area contributed by atoms with Crippen molar-refractivity contribution >= 4 is 21.9 Å². The number of hydrogen-bond acceptors (Lipinski definition) is 2. The van der Waals surface area contributed by atoms with Gasteiger partial charge in [0, 0.05) is 22.6 Å². The zero-order valence-electron chi connectivity index (χ0n) is 31.4. The Morgan fingerprint density at radius 1 is 0.386 bits per heavy atom. The molecule has 8 aromatic carbocycles.